The van der Waals surface area contributed by atoms with Gasteiger partial charge in [-0.05, 0) is 35.9 Å². The Labute approximate surface area is 127 Å². The second-order valence-corrected chi connectivity index (χ2v) is 6.22. The van der Waals surface area contributed by atoms with E-state index in [4.69, 9.17) is 10.5 Å². The molecule has 1 aromatic carbocycles. The van der Waals surface area contributed by atoms with E-state index >= 15 is 0 Å². The normalized spacial score (nSPS) is 22.2. The Morgan fingerprint density at radius 2 is 2.33 bits per heavy atom. The molecule has 4 nitrogen and oxygen atoms in total. The molecule has 0 spiro atoms. The molecule has 1 unspecified atom stereocenters. The smallest absolute Gasteiger partial charge is 0.414 e. The van der Waals surface area contributed by atoms with Crippen LogP contribution < -0.4 is 10.6 Å². The van der Waals surface area contributed by atoms with Crippen LogP contribution in [0.25, 0.3) is 5.57 Å². The first-order valence-corrected chi connectivity index (χ1v) is 8.09. The molecule has 3 rings (SSSR count). The van der Waals surface area contributed by atoms with E-state index in [2.05, 4.69) is 6.08 Å². The fourth-order valence-corrected chi connectivity index (χ4v) is 3.41. The number of thioether (sulfide) groups is 1. The van der Waals surface area contributed by atoms with Gasteiger partial charge in [0.1, 0.15) is 11.9 Å². The number of nitrogens with zero attached hydrogens (tertiary/aromatic N) is 1. The van der Waals surface area contributed by atoms with Gasteiger partial charge < -0.3 is 10.5 Å². The van der Waals surface area contributed by atoms with Crippen LogP contribution in [-0.2, 0) is 4.74 Å². The summed E-state index contributed by atoms with van der Waals surface area (Å²) in [5.74, 6) is 1.64. The third-order valence-corrected chi connectivity index (χ3v) is 4.61. The zero-order valence-corrected chi connectivity index (χ0v) is 12.4. The number of halogens is 1. The number of amides is 1. The van der Waals surface area contributed by atoms with Crippen LogP contribution in [0.2, 0.25) is 0 Å². The maximum Gasteiger partial charge on any atom is 0.414 e. The molecule has 2 aliphatic heterocycles. The number of anilines is 1. The van der Waals surface area contributed by atoms with Gasteiger partial charge in [0, 0.05) is 17.9 Å². The summed E-state index contributed by atoms with van der Waals surface area (Å²) >= 11 is 1.85. The first-order chi connectivity index (χ1) is 10.2. The largest absolute Gasteiger partial charge is 0.443 e. The third-order valence-electron chi connectivity index (χ3n) is 3.71. The Morgan fingerprint density at radius 1 is 1.48 bits per heavy atom. The zero-order valence-electron chi connectivity index (χ0n) is 11.5. The molecule has 2 N–H and O–H groups in total. The number of carbonyl (C=O) groups excluding carboxylic acids is 1. The summed E-state index contributed by atoms with van der Waals surface area (Å²) < 4.78 is 19.4. The molecule has 1 amide bonds. The molecular weight excluding hydrogens is 291 g/mol. The van der Waals surface area contributed by atoms with E-state index < -0.39 is 6.09 Å². The molecule has 2 heterocycles. The fraction of sp³-hybridized carbons (Fsp3) is 0.400. The van der Waals surface area contributed by atoms with Crippen LogP contribution in [0.3, 0.4) is 0 Å². The minimum atomic E-state index is -0.467. The van der Waals surface area contributed by atoms with E-state index in [1.807, 2.05) is 11.8 Å². The lowest BCUT2D eigenvalue weighted by molar-refractivity contribution is 0.145. The van der Waals surface area contributed by atoms with E-state index in [9.17, 15) is 9.18 Å². The monoisotopic (exact) mass is 308 g/mol. The third kappa shape index (κ3) is 2.91. The number of hydrogen-bond donors (Lipinski definition) is 1. The highest BCUT2D eigenvalue weighted by atomic mass is 32.2. The van der Waals surface area contributed by atoms with Gasteiger partial charge in [0.2, 0.25) is 0 Å². The summed E-state index contributed by atoms with van der Waals surface area (Å²) in [6, 6.07) is 4.91. The average Bonchev–Trinajstić information content (AvgIpc) is 2.89. The lowest BCUT2D eigenvalue weighted by atomic mass is 10.0. The highest BCUT2D eigenvalue weighted by Crippen LogP contribution is 2.31. The highest BCUT2D eigenvalue weighted by molar-refractivity contribution is 7.99. The van der Waals surface area contributed by atoms with Crippen molar-refractivity contribution in [1.29, 1.82) is 0 Å². The molecule has 1 fully saturated rings. The van der Waals surface area contributed by atoms with Crippen molar-refractivity contribution < 1.29 is 13.9 Å². The molecule has 0 aromatic heterocycles. The van der Waals surface area contributed by atoms with Crippen molar-refractivity contribution in [2.45, 2.75) is 12.5 Å². The van der Waals surface area contributed by atoms with Crippen LogP contribution in [-0.4, -0.2) is 36.8 Å². The summed E-state index contributed by atoms with van der Waals surface area (Å²) in [7, 11) is 0. The van der Waals surface area contributed by atoms with Crippen LogP contribution in [0, 0.1) is 5.82 Å². The second kappa shape index (κ2) is 6.07. The molecule has 112 valence electrons. The van der Waals surface area contributed by atoms with Gasteiger partial charge >= 0.3 is 6.09 Å². The van der Waals surface area contributed by atoms with Gasteiger partial charge in [-0.2, -0.15) is 11.8 Å². The van der Waals surface area contributed by atoms with E-state index in [0.29, 0.717) is 17.8 Å². The lowest BCUT2D eigenvalue weighted by Gasteiger charge is -2.17. The minimum absolute atomic E-state index is 0.271. The number of rotatable bonds is 3. The van der Waals surface area contributed by atoms with Crippen molar-refractivity contribution in [3.8, 4) is 0 Å². The lowest BCUT2D eigenvalue weighted by Crippen LogP contribution is -2.27. The maximum atomic E-state index is 14.3. The Hall–Kier alpha value is -1.53. The van der Waals surface area contributed by atoms with E-state index in [1.165, 1.54) is 11.0 Å². The van der Waals surface area contributed by atoms with Gasteiger partial charge in [-0.15, -0.1) is 0 Å². The van der Waals surface area contributed by atoms with Crippen LogP contribution in [0.5, 0.6) is 0 Å². The van der Waals surface area contributed by atoms with Crippen LogP contribution in [0.1, 0.15) is 12.0 Å². The van der Waals surface area contributed by atoms with Gasteiger partial charge in [0.15, 0.2) is 0 Å². The number of hydrogen-bond acceptors (Lipinski definition) is 4. The van der Waals surface area contributed by atoms with Crippen molar-refractivity contribution in [3.63, 3.8) is 0 Å². The molecule has 1 atom stereocenters. The summed E-state index contributed by atoms with van der Waals surface area (Å²) in [5, 5.41) is 0. The van der Waals surface area contributed by atoms with Crippen molar-refractivity contribution in [2.75, 3.05) is 29.5 Å². The van der Waals surface area contributed by atoms with E-state index in [0.717, 1.165) is 23.5 Å². The zero-order chi connectivity index (χ0) is 14.8. The number of nitrogens with two attached hydrogens (primary N) is 1. The molecule has 0 aliphatic carbocycles. The Morgan fingerprint density at radius 3 is 2.95 bits per heavy atom. The molecule has 0 saturated carbocycles. The van der Waals surface area contributed by atoms with Gasteiger partial charge in [-0.1, -0.05) is 6.08 Å². The molecule has 0 radical (unpaired) electrons. The average molecular weight is 308 g/mol. The number of ether oxygens (including phenoxy) is 1. The molecule has 2 aliphatic rings. The topological polar surface area (TPSA) is 55.6 Å². The van der Waals surface area contributed by atoms with Crippen LogP contribution >= 0.6 is 11.8 Å². The molecule has 1 saturated heterocycles. The van der Waals surface area contributed by atoms with Crippen LogP contribution in [0.4, 0.5) is 14.9 Å². The van der Waals surface area contributed by atoms with Gasteiger partial charge in [0.25, 0.3) is 0 Å². The summed E-state index contributed by atoms with van der Waals surface area (Å²) in [6.45, 7) is 0.640. The predicted molar refractivity (Wildman–Crippen MR) is 83.0 cm³/mol. The second-order valence-electron chi connectivity index (χ2n) is 5.07. The Kier molecular flexibility index (Phi) is 4.17. The molecule has 6 heteroatoms. The predicted octanol–water partition coefficient (Wildman–Crippen LogP) is 2.63. The Bertz CT molecular complexity index is 591. The molecule has 21 heavy (non-hydrogen) atoms. The van der Waals surface area contributed by atoms with Gasteiger partial charge in [-0.25, -0.2) is 9.18 Å². The first kappa shape index (κ1) is 14.4. The minimum Gasteiger partial charge on any atom is -0.443 e. The fourth-order valence-electron chi connectivity index (χ4n) is 2.56. The van der Waals surface area contributed by atoms with E-state index in [-0.39, 0.29) is 18.5 Å². The first-order valence-electron chi connectivity index (χ1n) is 6.94. The van der Waals surface area contributed by atoms with Gasteiger partial charge in [0.05, 0.1) is 12.2 Å². The van der Waals surface area contributed by atoms with Gasteiger partial charge in [-0.3, -0.25) is 4.90 Å². The highest BCUT2D eigenvalue weighted by Gasteiger charge is 2.31. The number of allylic oxidation sites excluding steroid dienone is 1. The number of carbonyl (C=O) groups is 1. The number of benzene rings is 1. The van der Waals surface area contributed by atoms with Crippen molar-refractivity contribution in [2.24, 2.45) is 5.73 Å². The summed E-state index contributed by atoms with van der Waals surface area (Å²) in [6.07, 6.45) is 2.16. The quantitative estimate of drug-likeness (QED) is 0.932. The molecular formula is C15H17FN2O2S. The summed E-state index contributed by atoms with van der Waals surface area (Å²) in [4.78, 5) is 13.2. The number of cyclic esters (lactones) is 1. The summed E-state index contributed by atoms with van der Waals surface area (Å²) in [5.41, 5.74) is 7.69. The van der Waals surface area contributed by atoms with Crippen molar-refractivity contribution in [1.82, 2.24) is 0 Å². The molecule has 0 bridgehead atoms. The SMILES string of the molecule is NCC1CN(c2ccc(C3=CCSCC3)c(F)c2)C(=O)O1. The standard InChI is InChI=1S/C15H17FN2O2S/c16-14-7-11(18-9-12(8-17)20-15(18)19)1-2-13(14)10-3-5-21-6-4-10/h1-3,7,12H,4-6,8-9,17H2. The maximum absolute atomic E-state index is 14.3. The van der Waals surface area contributed by atoms with Crippen molar-refractivity contribution >= 4 is 29.1 Å². The Balaban J connectivity index is 1.84. The molecule has 1 aromatic rings. The van der Waals surface area contributed by atoms with Crippen LogP contribution in [0.15, 0.2) is 24.3 Å². The van der Waals surface area contributed by atoms with Crippen molar-refractivity contribution in [3.05, 3.63) is 35.7 Å². The van der Waals surface area contributed by atoms with E-state index in [1.54, 1.807) is 12.1 Å².